The molecule has 0 bridgehead atoms. The van der Waals surface area contributed by atoms with Gasteiger partial charge in [0.15, 0.2) is 0 Å². The molecule has 0 unspecified atom stereocenters. The van der Waals surface area contributed by atoms with Gasteiger partial charge in [0.1, 0.15) is 17.3 Å². The van der Waals surface area contributed by atoms with Crippen LogP contribution in [-0.4, -0.2) is 19.3 Å². The van der Waals surface area contributed by atoms with Crippen LogP contribution in [0, 0.1) is 20.8 Å². The number of aryl methyl sites for hydroxylation is 3. The Morgan fingerprint density at radius 2 is 1.60 bits per heavy atom. The van der Waals surface area contributed by atoms with Crippen LogP contribution in [0.5, 0.6) is 11.5 Å². The van der Waals surface area contributed by atoms with Crippen molar-refractivity contribution in [1.29, 1.82) is 0 Å². The van der Waals surface area contributed by atoms with Gasteiger partial charge in [-0.15, -0.1) is 0 Å². The Bertz CT molecular complexity index is 2220. The number of rotatable bonds is 9. The fraction of sp³-hybridized carbons (Fsp3) is 0.238. The Hall–Kier alpha value is -5.16. The quantitative estimate of drug-likeness (QED) is 0.162. The molecule has 0 spiro atoms. The van der Waals surface area contributed by atoms with Crippen molar-refractivity contribution in [1.82, 2.24) is 19.3 Å². The maximum Gasteiger partial charge on any atom is 0.137 e. The fourth-order valence-corrected chi connectivity index (χ4v) is 6.71. The standard InChI is InChI=1S/C42H42N4O/c1-7-8-12-31-15-18-39-38(22-31)37-17-16-35(26-40(37)45(39)41-21-28(4)19-20-43-41)47-36-24-33(27(2)3)23-34(25-36)46-30(6)42(29(5)44-46)32-13-10-9-11-14-32/h9-11,13-27H,7-8,12H2,1-6H3. The molecule has 0 saturated heterocycles. The smallest absolute Gasteiger partial charge is 0.137 e. The lowest BCUT2D eigenvalue weighted by Gasteiger charge is -2.15. The van der Waals surface area contributed by atoms with Crippen LogP contribution in [0.1, 0.15) is 67.6 Å². The van der Waals surface area contributed by atoms with Crippen LogP contribution in [0.15, 0.2) is 103 Å². The van der Waals surface area contributed by atoms with E-state index in [0.29, 0.717) is 5.92 Å². The molecule has 0 fully saturated rings. The summed E-state index contributed by atoms with van der Waals surface area (Å²) in [7, 11) is 0. The number of nitrogens with zero attached hydrogens (tertiary/aromatic N) is 4. The van der Waals surface area contributed by atoms with Gasteiger partial charge >= 0.3 is 0 Å². The number of unbranched alkanes of at least 4 members (excludes halogenated alkanes) is 1. The summed E-state index contributed by atoms with van der Waals surface area (Å²) < 4.78 is 11.0. The van der Waals surface area contributed by atoms with E-state index in [2.05, 4.69) is 136 Å². The van der Waals surface area contributed by atoms with Crippen LogP contribution in [0.25, 0.3) is 44.4 Å². The van der Waals surface area contributed by atoms with Gasteiger partial charge in [-0.1, -0.05) is 63.6 Å². The second-order valence-electron chi connectivity index (χ2n) is 13.0. The lowest BCUT2D eigenvalue weighted by molar-refractivity contribution is 0.481. The zero-order chi connectivity index (χ0) is 32.7. The van der Waals surface area contributed by atoms with E-state index in [4.69, 9.17) is 14.8 Å². The van der Waals surface area contributed by atoms with E-state index in [1.807, 2.05) is 18.3 Å². The minimum Gasteiger partial charge on any atom is -0.457 e. The minimum absolute atomic E-state index is 0.321. The number of fused-ring (bicyclic) bond motifs is 3. The molecule has 3 aromatic heterocycles. The second-order valence-corrected chi connectivity index (χ2v) is 13.0. The highest BCUT2D eigenvalue weighted by atomic mass is 16.5. The van der Waals surface area contributed by atoms with E-state index < -0.39 is 0 Å². The molecule has 0 aliphatic heterocycles. The highest BCUT2D eigenvalue weighted by Gasteiger charge is 2.18. The number of pyridine rings is 1. The summed E-state index contributed by atoms with van der Waals surface area (Å²) in [6.45, 7) is 13.0. The molecule has 0 aliphatic rings. The molecule has 236 valence electrons. The van der Waals surface area contributed by atoms with Gasteiger partial charge in [-0.05, 0) is 110 Å². The number of hydrogen-bond donors (Lipinski definition) is 0. The van der Waals surface area contributed by atoms with Gasteiger partial charge in [-0.2, -0.15) is 5.10 Å². The van der Waals surface area contributed by atoms with Crippen molar-refractivity contribution in [3.8, 4) is 34.1 Å². The molecule has 4 aromatic carbocycles. The first-order valence-electron chi connectivity index (χ1n) is 16.8. The van der Waals surface area contributed by atoms with E-state index in [9.17, 15) is 0 Å². The van der Waals surface area contributed by atoms with E-state index in [1.165, 1.54) is 51.4 Å². The molecule has 0 saturated carbocycles. The molecule has 0 amide bonds. The molecule has 7 rings (SSSR count). The van der Waals surface area contributed by atoms with Crippen molar-refractivity contribution in [3.63, 3.8) is 0 Å². The summed E-state index contributed by atoms with van der Waals surface area (Å²) in [6, 6.07) is 34.5. The number of benzene rings is 4. The average Bonchev–Trinajstić information content (AvgIpc) is 3.56. The van der Waals surface area contributed by atoms with Crippen molar-refractivity contribution < 1.29 is 4.74 Å². The molecule has 0 radical (unpaired) electrons. The molecular weight excluding hydrogens is 576 g/mol. The van der Waals surface area contributed by atoms with Crippen LogP contribution >= 0.6 is 0 Å². The van der Waals surface area contributed by atoms with E-state index >= 15 is 0 Å². The average molecular weight is 619 g/mol. The summed E-state index contributed by atoms with van der Waals surface area (Å²) in [5.41, 5.74) is 11.4. The summed E-state index contributed by atoms with van der Waals surface area (Å²) in [4.78, 5) is 4.80. The summed E-state index contributed by atoms with van der Waals surface area (Å²) >= 11 is 0. The summed E-state index contributed by atoms with van der Waals surface area (Å²) in [6.07, 6.45) is 5.34. The predicted molar refractivity (Wildman–Crippen MR) is 195 cm³/mol. The van der Waals surface area contributed by atoms with Gasteiger partial charge in [-0.3, -0.25) is 4.57 Å². The normalized spacial score (nSPS) is 11.6. The number of hydrogen-bond acceptors (Lipinski definition) is 3. The van der Waals surface area contributed by atoms with Crippen LogP contribution < -0.4 is 4.74 Å². The largest absolute Gasteiger partial charge is 0.457 e. The third kappa shape index (κ3) is 5.83. The number of ether oxygens (including phenoxy) is 1. The summed E-state index contributed by atoms with van der Waals surface area (Å²) in [5, 5.41) is 7.44. The third-order valence-electron chi connectivity index (χ3n) is 9.17. The van der Waals surface area contributed by atoms with Gasteiger partial charge in [0.25, 0.3) is 0 Å². The summed E-state index contributed by atoms with van der Waals surface area (Å²) in [5.74, 6) is 2.80. The number of aromatic nitrogens is 4. The molecule has 7 aromatic rings. The van der Waals surface area contributed by atoms with E-state index in [1.54, 1.807) is 0 Å². The molecule has 0 atom stereocenters. The molecule has 5 heteroatoms. The molecular formula is C42H42N4O. The van der Waals surface area contributed by atoms with Crippen LogP contribution in [0.3, 0.4) is 0 Å². The van der Waals surface area contributed by atoms with Crippen molar-refractivity contribution in [3.05, 3.63) is 131 Å². The first kappa shape index (κ1) is 30.5. The Morgan fingerprint density at radius 1 is 0.766 bits per heavy atom. The molecule has 0 aliphatic carbocycles. The topological polar surface area (TPSA) is 44.9 Å². The Morgan fingerprint density at radius 3 is 2.36 bits per heavy atom. The zero-order valence-electron chi connectivity index (χ0n) is 28.2. The van der Waals surface area contributed by atoms with Gasteiger partial charge in [0.05, 0.1) is 22.4 Å². The lowest BCUT2D eigenvalue weighted by atomic mass is 10.0. The Labute approximate surface area is 277 Å². The first-order chi connectivity index (χ1) is 22.8. The Balaban J connectivity index is 1.34. The van der Waals surface area contributed by atoms with Gasteiger partial charge in [0, 0.05) is 40.4 Å². The van der Waals surface area contributed by atoms with Crippen LogP contribution in [0.4, 0.5) is 0 Å². The van der Waals surface area contributed by atoms with Crippen LogP contribution in [0.2, 0.25) is 0 Å². The molecule has 3 heterocycles. The van der Waals surface area contributed by atoms with Crippen LogP contribution in [-0.2, 0) is 6.42 Å². The molecule has 47 heavy (non-hydrogen) atoms. The lowest BCUT2D eigenvalue weighted by Crippen LogP contribution is -2.02. The van der Waals surface area contributed by atoms with Gasteiger partial charge in [0.2, 0.25) is 0 Å². The Kier molecular flexibility index (Phi) is 8.15. The predicted octanol–water partition coefficient (Wildman–Crippen LogP) is 11.2. The van der Waals surface area contributed by atoms with Gasteiger partial charge < -0.3 is 4.74 Å². The SMILES string of the molecule is CCCCc1ccc2c(c1)c1ccc(Oc3cc(C(C)C)cc(-n4nc(C)c(-c5ccccc5)c4C)c3)cc1n2-c1cc(C)ccn1. The zero-order valence-corrected chi connectivity index (χ0v) is 28.2. The maximum atomic E-state index is 6.71. The van der Waals surface area contributed by atoms with E-state index in [0.717, 1.165) is 51.8 Å². The minimum atomic E-state index is 0.321. The fourth-order valence-electron chi connectivity index (χ4n) is 6.71. The molecule has 0 N–H and O–H groups in total. The molecule has 5 nitrogen and oxygen atoms in total. The second kappa shape index (κ2) is 12.6. The highest BCUT2D eigenvalue weighted by Crippen LogP contribution is 2.37. The monoisotopic (exact) mass is 618 g/mol. The highest BCUT2D eigenvalue weighted by molar-refractivity contribution is 6.09. The maximum absolute atomic E-state index is 6.71. The van der Waals surface area contributed by atoms with Crippen molar-refractivity contribution in [2.24, 2.45) is 0 Å². The third-order valence-corrected chi connectivity index (χ3v) is 9.17. The van der Waals surface area contributed by atoms with Crippen molar-refractivity contribution in [2.45, 2.75) is 66.7 Å². The van der Waals surface area contributed by atoms with Crippen molar-refractivity contribution >= 4 is 21.8 Å². The first-order valence-corrected chi connectivity index (χ1v) is 16.8. The van der Waals surface area contributed by atoms with Crippen molar-refractivity contribution in [2.75, 3.05) is 0 Å². The van der Waals surface area contributed by atoms with Gasteiger partial charge in [-0.25, -0.2) is 9.67 Å². The van der Waals surface area contributed by atoms with E-state index in [-0.39, 0.29) is 0 Å².